The average molecular weight is 282 g/mol. The van der Waals surface area contributed by atoms with E-state index in [2.05, 4.69) is 17.2 Å². The van der Waals surface area contributed by atoms with E-state index in [0.717, 1.165) is 42.6 Å². The summed E-state index contributed by atoms with van der Waals surface area (Å²) in [4.78, 5) is 4.20. The number of aryl methyl sites for hydroxylation is 1. The first-order valence-corrected chi connectivity index (χ1v) is 6.64. The zero-order valence-corrected chi connectivity index (χ0v) is 11.5. The third kappa shape index (κ3) is 3.21. The number of benzene rings is 1. The molecule has 0 spiro atoms. The molecule has 0 bridgehead atoms. The predicted molar refractivity (Wildman–Crippen MR) is 74.9 cm³/mol. The van der Waals surface area contributed by atoms with Crippen molar-refractivity contribution in [2.24, 2.45) is 0 Å². The molecule has 20 heavy (non-hydrogen) atoms. The number of unbranched alkanes of at least 4 members (excludes halogenated alkanes) is 1. The van der Waals surface area contributed by atoms with E-state index in [4.69, 9.17) is 0 Å². The minimum absolute atomic E-state index is 0.374. The van der Waals surface area contributed by atoms with E-state index in [1.54, 1.807) is 6.92 Å². The zero-order valence-electron chi connectivity index (χ0n) is 11.5. The topological polar surface area (TPSA) is 24.9 Å². The highest BCUT2D eigenvalue weighted by atomic mass is 19.4. The number of alkyl halides is 3. The van der Waals surface area contributed by atoms with Crippen LogP contribution in [0.15, 0.2) is 24.3 Å². The van der Waals surface area contributed by atoms with Gasteiger partial charge in [-0.2, -0.15) is 13.2 Å². The lowest BCUT2D eigenvalue weighted by molar-refractivity contribution is -0.137. The summed E-state index contributed by atoms with van der Waals surface area (Å²) in [6.45, 7) is 4.67. The Balaban J connectivity index is 2.44. The normalized spacial score (nSPS) is 11.8. The number of pyridine rings is 1. The number of nitrogens with one attached hydrogen (secondary N) is 1. The lowest BCUT2D eigenvalue weighted by Gasteiger charge is -2.12. The Hall–Kier alpha value is -1.78. The molecule has 0 aliphatic rings. The lowest BCUT2D eigenvalue weighted by Crippen LogP contribution is -2.06. The number of fused-ring (bicyclic) bond motifs is 1. The van der Waals surface area contributed by atoms with Crippen LogP contribution >= 0.6 is 0 Å². The van der Waals surface area contributed by atoms with Crippen LogP contribution in [0.3, 0.4) is 0 Å². The SMILES string of the molecule is CCCCNc1cc(C)nc2cc(C(F)(F)F)ccc12. The summed E-state index contributed by atoms with van der Waals surface area (Å²) in [5.74, 6) is 0. The Kier molecular flexibility index (Phi) is 4.16. The van der Waals surface area contributed by atoms with Crippen molar-refractivity contribution in [2.75, 3.05) is 11.9 Å². The molecule has 0 saturated carbocycles. The van der Waals surface area contributed by atoms with E-state index >= 15 is 0 Å². The molecule has 0 fully saturated rings. The van der Waals surface area contributed by atoms with Crippen molar-refractivity contribution in [3.8, 4) is 0 Å². The second-order valence-electron chi connectivity index (χ2n) is 4.82. The van der Waals surface area contributed by atoms with Gasteiger partial charge in [-0.05, 0) is 31.5 Å². The fourth-order valence-electron chi connectivity index (χ4n) is 2.08. The number of anilines is 1. The molecule has 1 aromatic heterocycles. The van der Waals surface area contributed by atoms with Crippen molar-refractivity contribution >= 4 is 16.6 Å². The maximum atomic E-state index is 12.7. The van der Waals surface area contributed by atoms with Gasteiger partial charge in [-0.15, -0.1) is 0 Å². The van der Waals surface area contributed by atoms with Crippen molar-refractivity contribution in [1.29, 1.82) is 0 Å². The second-order valence-corrected chi connectivity index (χ2v) is 4.82. The highest BCUT2D eigenvalue weighted by Gasteiger charge is 2.30. The van der Waals surface area contributed by atoms with Gasteiger partial charge in [0.05, 0.1) is 11.1 Å². The van der Waals surface area contributed by atoms with E-state index in [9.17, 15) is 13.2 Å². The molecule has 0 saturated heterocycles. The lowest BCUT2D eigenvalue weighted by atomic mass is 10.1. The van der Waals surface area contributed by atoms with E-state index in [-0.39, 0.29) is 0 Å². The summed E-state index contributed by atoms with van der Waals surface area (Å²) >= 11 is 0. The van der Waals surface area contributed by atoms with E-state index in [1.165, 1.54) is 6.07 Å². The minimum atomic E-state index is -4.34. The number of nitrogens with zero attached hydrogens (tertiary/aromatic N) is 1. The van der Waals surface area contributed by atoms with Gasteiger partial charge in [0.2, 0.25) is 0 Å². The molecular formula is C15H17F3N2. The molecule has 2 nitrogen and oxygen atoms in total. The summed E-state index contributed by atoms with van der Waals surface area (Å²) in [6.07, 6.45) is -2.26. The van der Waals surface area contributed by atoms with Crippen LogP contribution in [0, 0.1) is 6.92 Å². The summed E-state index contributed by atoms with van der Waals surface area (Å²) in [5.41, 5.74) is 1.26. The van der Waals surface area contributed by atoms with Gasteiger partial charge in [-0.3, -0.25) is 4.98 Å². The van der Waals surface area contributed by atoms with Crippen LogP contribution in [0.4, 0.5) is 18.9 Å². The number of aromatic nitrogens is 1. The third-order valence-corrected chi connectivity index (χ3v) is 3.11. The molecule has 0 atom stereocenters. The van der Waals surface area contributed by atoms with Gasteiger partial charge in [-0.25, -0.2) is 0 Å². The third-order valence-electron chi connectivity index (χ3n) is 3.11. The van der Waals surface area contributed by atoms with Crippen LogP contribution in [0.2, 0.25) is 0 Å². The molecular weight excluding hydrogens is 265 g/mol. The standard InChI is InChI=1S/C15H17F3N2/c1-3-4-7-19-13-8-10(2)20-14-9-11(15(16,17)18)5-6-12(13)14/h5-6,8-9H,3-4,7H2,1-2H3,(H,19,20). The van der Waals surface area contributed by atoms with Gasteiger partial charge in [0.1, 0.15) is 0 Å². The molecule has 1 N–H and O–H groups in total. The Labute approximate surface area is 116 Å². The van der Waals surface area contributed by atoms with Gasteiger partial charge in [0.15, 0.2) is 0 Å². The molecule has 2 aromatic rings. The Morgan fingerprint density at radius 3 is 2.60 bits per heavy atom. The first-order chi connectivity index (χ1) is 9.41. The second kappa shape index (κ2) is 5.69. The van der Waals surface area contributed by atoms with E-state index in [1.807, 2.05) is 6.07 Å². The van der Waals surface area contributed by atoms with Crippen LogP contribution in [0.25, 0.3) is 10.9 Å². The summed E-state index contributed by atoms with van der Waals surface area (Å²) in [6, 6.07) is 5.56. The molecule has 2 rings (SSSR count). The van der Waals surface area contributed by atoms with Gasteiger partial charge in [0.25, 0.3) is 0 Å². The van der Waals surface area contributed by atoms with Crippen LogP contribution < -0.4 is 5.32 Å². The summed E-state index contributed by atoms with van der Waals surface area (Å²) in [5, 5.41) is 3.99. The van der Waals surface area contributed by atoms with Crippen molar-refractivity contribution in [1.82, 2.24) is 4.98 Å². The Bertz CT molecular complexity index is 606. The highest BCUT2D eigenvalue weighted by molar-refractivity contribution is 5.91. The van der Waals surface area contributed by atoms with Crippen molar-refractivity contribution in [3.05, 3.63) is 35.5 Å². The van der Waals surface area contributed by atoms with Gasteiger partial charge in [0, 0.05) is 23.3 Å². The van der Waals surface area contributed by atoms with Crippen LogP contribution in [0.1, 0.15) is 31.0 Å². The molecule has 0 aliphatic heterocycles. The summed E-state index contributed by atoms with van der Waals surface area (Å²) < 4.78 is 38.2. The molecule has 0 unspecified atom stereocenters. The van der Waals surface area contributed by atoms with Crippen molar-refractivity contribution in [3.63, 3.8) is 0 Å². The smallest absolute Gasteiger partial charge is 0.384 e. The van der Waals surface area contributed by atoms with Crippen LogP contribution in [-0.2, 0) is 6.18 Å². The van der Waals surface area contributed by atoms with Crippen LogP contribution in [0.5, 0.6) is 0 Å². The summed E-state index contributed by atoms with van der Waals surface area (Å²) in [7, 11) is 0. The van der Waals surface area contributed by atoms with Gasteiger partial charge < -0.3 is 5.32 Å². The quantitative estimate of drug-likeness (QED) is 0.817. The first-order valence-electron chi connectivity index (χ1n) is 6.64. The largest absolute Gasteiger partial charge is 0.416 e. The first kappa shape index (κ1) is 14.6. The molecule has 1 heterocycles. The Morgan fingerprint density at radius 1 is 1.20 bits per heavy atom. The number of hydrogen-bond donors (Lipinski definition) is 1. The zero-order chi connectivity index (χ0) is 14.8. The van der Waals surface area contributed by atoms with Crippen LogP contribution in [-0.4, -0.2) is 11.5 Å². The van der Waals surface area contributed by atoms with Crippen molar-refractivity contribution in [2.45, 2.75) is 32.9 Å². The fraction of sp³-hybridized carbons (Fsp3) is 0.400. The monoisotopic (exact) mass is 282 g/mol. The number of rotatable bonds is 4. The van der Waals surface area contributed by atoms with E-state index < -0.39 is 11.7 Å². The molecule has 5 heteroatoms. The molecule has 1 aromatic carbocycles. The molecule has 0 radical (unpaired) electrons. The maximum Gasteiger partial charge on any atom is 0.416 e. The predicted octanol–water partition coefficient (Wildman–Crippen LogP) is 4.77. The van der Waals surface area contributed by atoms with Gasteiger partial charge in [-0.1, -0.05) is 19.4 Å². The fourth-order valence-corrected chi connectivity index (χ4v) is 2.08. The highest BCUT2D eigenvalue weighted by Crippen LogP contribution is 2.33. The average Bonchev–Trinajstić information content (AvgIpc) is 2.37. The maximum absolute atomic E-state index is 12.7. The number of halogens is 3. The van der Waals surface area contributed by atoms with Gasteiger partial charge >= 0.3 is 6.18 Å². The van der Waals surface area contributed by atoms with E-state index in [0.29, 0.717) is 11.2 Å². The molecule has 0 aliphatic carbocycles. The molecule has 108 valence electrons. The Morgan fingerprint density at radius 2 is 1.95 bits per heavy atom. The minimum Gasteiger partial charge on any atom is -0.384 e. The van der Waals surface area contributed by atoms with Crippen molar-refractivity contribution < 1.29 is 13.2 Å². The molecule has 0 amide bonds. The number of hydrogen-bond acceptors (Lipinski definition) is 2.